The molecule has 0 aromatic heterocycles. The Balaban J connectivity index is 2.58. The van der Waals surface area contributed by atoms with Crippen LogP contribution in [0.5, 0.6) is 0 Å². The topological polar surface area (TPSA) is 37.4 Å². The average Bonchev–Trinajstić information content (AvgIpc) is 2.57. The molecule has 0 aliphatic carbocycles. The predicted octanol–water partition coefficient (Wildman–Crippen LogP) is 1.53. The van der Waals surface area contributed by atoms with Gasteiger partial charge >= 0.3 is 0 Å². The molecule has 0 radical (unpaired) electrons. The van der Waals surface area contributed by atoms with Gasteiger partial charge in [0.15, 0.2) is 5.12 Å². The van der Waals surface area contributed by atoms with Crippen LogP contribution in [0.2, 0.25) is 0 Å². The Morgan fingerprint density at radius 3 is 2.81 bits per heavy atom. The summed E-state index contributed by atoms with van der Waals surface area (Å²) in [7, 11) is 0. The van der Waals surface area contributed by atoms with Crippen LogP contribution in [0.25, 0.3) is 0 Å². The highest BCUT2D eigenvalue weighted by Gasteiger charge is 2.37. The third-order valence-corrected chi connectivity index (χ3v) is 3.80. The molecule has 1 rings (SSSR count). The number of thioether (sulfide) groups is 1. The molecule has 0 saturated carbocycles. The maximum absolute atomic E-state index is 11.8. The van der Waals surface area contributed by atoms with E-state index in [1.165, 1.54) is 11.8 Å². The molecular formula is C12H17NO2S. The minimum atomic E-state index is -0.521. The fraction of sp³-hybridized carbons (Fsp3) is 0.667. The van der Waals surface area contributed by atoms with Crippen molar-refractivity contribution in [3.8, 4) is 12.3 Å². The molecule has 16 heavy (non-hydrogen) atoms. The van der Waals surface area contributed by atoms with E-state index < -0.39 is 5.54 Å². The van der Waals surface area contributed by atoms with Crippen molar-refractivity contribution in [2.24, 2.45) is 5.92 Å². The summed E-state index contributed by atoms with van der Waals surface area (Å²) in [5.41, 5.74) is -0.521. The first-order valence-corrected chi connectivity index (χ1v) is 6.27. The molecule has 1 unspecified atom stereocenters. The summed E-state index contributed by atoms with van der Waals surface area (Å²) in [6.07, 6.45) is 5.92. The van der Waals surface area contributed by atoms with Gasteiger partial charge in [0, 0.05) is 25.6 Å². The number of amides is 1. The Bertz CT molecular complexity index is 343. The smallest absolute Gasteiger partial charge is 0.224 e. The van der Waals surface area contributed by atoms with Crippen LogP contribution < -0.4 is 0 Å². The second kappa shape index (κ2) is 4.92. The Hall–Kier alpha value is -0.950. The maximum atomic E-state index is 11.8. The monoisotopic (exact) mass is 239 g/mol. The van der Waals surface area contributed by atoms with E-state index in [1.807, 2.05) is 13.8 Å². The predicted molar refractivity (Wildman–Crippen MR) is 65.9 cm³/mol. The van der Waals surface area contributed by atoms with Gasteiger partial charge in [0.05, 0.1) is 5.54 Å². The van der Waals surface area contributed by atoms with Crippen LogP contribution in [0, 0.1) is 18.3 Å². The first kappa shape index (κ1) is 13.1. The minimum Gasteiger partial charge on any atom is -0.326 e. The van der Waals surface area contributed by atoms with Crippen molar-refractivity contribution in [2.45, 2.75) is 32.7 Å². The summed E-state index contributed by atoms with van der Waals surface area (Å²) in [5.74, 6) is 3.68. The number of rotatable bonds is 3. The molecular weight excluding hydrogens is 222 g/mol. The molecule has 0 aromatic rings. The van der Waals surface area contributed by atoms with Gasteiger partial charge in [-0.3, -0.25) is 9.59 Å². The summed E-state index contributed by atoms with van der Waals surface area (Å²) >= 11 is 1.28. The number of likely N-dealkylation sites (tertiary alicyclic amines) is 1. The lowest BCUT2D eigenvalue weighted by Crippen LogP contribution is -2.43. The van der Waals surface area contributed by atoms with E-state index in [4.69, 9.17) is 6.42 Å². The quantitative estimate of drug-likeness (QED) is 0.701. The van der Waals surface area contributed by atoms with Crippen molar-refractivity contribution in [3.05, 3.63) is 0 Å². The second-order valence-corrected chi connectivity index (χ2v) is 5.78. The fourth-order valence-electron chi connectivity index (χ4n) is 1.75. The minimum absolute atomic E-state index is 0.0945. The molecule has 3 nitrogen and oxygen atoms in total. The zero-order valence-corrected chi connectivity index (χ0v) is 10.8. The van der Waals surface area contributed by atoms with E-state index >= 15 is 0 Å². The van der Waals surface area contributed by atoms with E-state index in [9.17, 15) is 9.59 Å². The molecule has 4 heteroatoms. The van der Waals surface area contributed by atoms with Gasteiger partial charge in [-0.1, -0.05) is 17.7 Å². The van der Waals surface area contributed by atoms with Gasteiger partial charge in [0.25, 0.3) is 0 Å². The largest absolute Gasteiger partial charge is 0.326 e. The van der Waals surface area contributed by atoms with Gasteiger partial charge in [-0.25, -0.2) is 0 Å². The molecule has 1 amide bonds. The van der Waals surface area contributed by atoms with Crippen LogP contribution in [-0.4, -0.2) is 33.8 Å². The van der Waals surface area contributed by atoms with Crippen molar-refractivity contribution in [1.29, 1.82) is 0 Å². The Labute approximate surface area is 101 Å². The molecule has 1 saturated heterocycles. The molecule has 0 N–H and O–H groups in total. The lowest BCUT2D eigenvalue weighted by atomic mass is 10.1. The summed E-state index contributed by atoms with van der Waals surface area (Å²) in [5, 5.41) is 0.0992. The van der Waals surface area contributed by atoms with Crippen LogP contribution in [0.4, 0.5) is 0 Å². The number of hydrogen-bond acceptors (Lipinski definition) is 3. The molecule has 88 valence electrons. The second-order valence-electron chi connectivity index (χ2n) is 4.58. The Kier molecular flexibility index (Phi) is 4.03. The van der Waals surface area contributed by atoms with Crippen LogP contribution in [0.15, 0.2) is 0 Å². The average molecular weight is 239 g/mol. The third kappa shape index (κ3) is 3.02. The van der Waals surface area contributed by atoms with E-state index in [-0.39, 0.29) is 16.9 Å². The van der Waals surface area contributed by atoms with Gasteiger partial charge in [0.2, 0.25) is 5.91 Å². The van der Waals surface area contributed by atoms with Crippen LogP contribution >= 0.6 is 11.8 Å². The third-order valence-electron chi connectivity index (χ3n) is 2.76. The van der Waals surface area contributed by atoms with Gasteiger partial charge in [-0.2, -0.15) is 0 Å². The molecule has 1 atom stereocenters. The highest BCUT2D eigenvalue weighted by Crippen LogP contribution is 2.27. The molecule has 0 bridgehead atoms. The number of carbonyl (C=O) groups excluding carboxylic acids is 2. The first-order chi connectivity index (χ1) is 7.36. The standard InChI is InChI=1S/C12H17NO2S/c1-5-12(3,4)13-7-10(6-11(13)15)8-16-9(2)14/h1,10H,6-8H2,2-4H3. The molecule has 0 spiro atoms. The molecule has 1 aliphatic rings. The van der Waals surface area contributed by atoms with E-state index in [1.54, 1.807) is 11.8 Å². The summed E-state index contributed by atoms with van der Waals surface area (Å²) in [6, 6.07) is 0. The highest BCUT2D eigenvalue weighted by molar-refractivity contribution is 8.13. The zero-order chi connectivity index (χ0) is 12.3. The molecule has 1 aliphatic heterocycles. The van der Waals surface area contributed by atoms with Crippen LogP contribution in [-0.2, 0) is 9.59 Å². The lowest BCUT2D eigenvalue weighted by Gasteiger charge is -2.30. The van der Waals surface area contributed by atoms with Crippen molar-refractivity contribution in [2.75, 3.05) is 12.3 Å². The normalized spacial score (nSPS) is 21.0. The van der Waals surface area contributed by atoms with Crippen molar-refractivity contribution < 1.29 is 9.59 Å². The molecule has 0 aromatic carbocycles. The van der Waals surface area contributed by atoms with Crippen molar-refractivity contribution >= 4 is 22.8 Å². The number of carbonyl (C=O) groups is 2. The SMILES string of the molecule is C#CC(C)(C)N1CC(CSC(C)=O)CC1=O. The number of hydrogen-bond donors (Lipinski definition) is 0. The Morgan fingerprint density at radius 2 is 2.31 bits per heavy atom. The number of terminal acetylenes is 1. The lowest BCUT2D eigenvalue weighted by molar-refractivity contribution is -0.130. The van der Waals surface area contributed by atoms with E-state index in [0.717, 1.165) is 0 Å². The van der Waals surface area contributed by atoms with Crippen LogP contribution in [0.1, 0.15) is 27.2 Å². The van der Waals surface area contributed by atoms with Crippen LogP contribution in [0.3, 0.4) is 0 Å². The first-order valence-electron chi connectivity index (χ1n) is 5.28. The van der Waals surface area contributed by atoms with Crippen molar-refractivity contribution in [3.63, 3.8) is 0 Å². The summed E-state index contributed by atoms with van der Waals surface area (Å²) in [6.45, 7) is 5.94. The fourth-order valence-corrected chi connectivity index (χ4v) is 2.44. The van der Waals surface area contributed by atoms with Gasteiger partial charge < -0.3 is 4.90 Å². The molecule has 1 fully saturated rings. The Morgan fingerprint density at radius 1 is 1.69 bits per heavy atom. The zero-order valence-electron chi connectivity index (χ0n) is 9.95. The molecule has 1 heterocycles. The number of nitrogens with zero attached hydrogens (tertiary/aromatic N) is 1. The van der Waals surface area contributed by atoms with Crippen molar-refractivity contribution in [1.82, 2.24) is 4.90 Å². The van der Waals surface area contributed by atoms with Gasteiger partial charge in [0.1, 0.15) is 0 Å². The van der Waals surface area contributed by atoms with E-state index in [2.05, 4.69) is 5.92 Å². The summed E-state index contributed by atoms with van der Waals surface area (Å²) < 4.78 is 0. The highest BCUT2D eigenvalue weighted by atomic mass is 32.2. The van der Waals surface area contributed by atoms with E-state index in [0.29, 0.717) is 18.7 Å². The van der Waals surface area contributed by atoms with Gasteiger partial charge in [-0.05, 0) is 19.8 Å². The van der Waals surface area contributed by atoms with Gasteiger partial charge in [-0.15, -0.1) is 6.42 Å². The maximum Gasteiger partial charge on any atom is 0.224 e. The summed E-state index contributed by atoms with van der Waals surface area (Å²) in [4.78, 5) is 24.4.